The van der Waals surface area contributed by atoms with E-state index in [2.05, 4.69) is 16.9 Å². The Morgan fingerprint density at radius 3 is 2.86 bits per heavy atom. The molecule has 2 heterocycles. The zero-order valence-corrected chi connectivity index (χ0v) is 12.5. The van der Waals surface area contributed by atoms with Crippen LogP contribution in [0.25, 0.3) is 0 Å². The maximum Gasteiger partial charge on any atom is 0.356 e. The summed E-state index contributed by atoms with van der Waals surface area (Å²) in [6.07, 6.45) is 3.79. The van der Waals surface area contributed by atoms with Crippen molar-refractivity contribution in [3.8, 4) is 0 Å². The van der Waals surface area contributed by atoms with Crippen LogP contribution in [0.15, 0.2) is 0 Å². The van der Waals surface area contributed by atoms with Gasteiger partial charge in [-0.05, 0) is 25.7 Å². The number of carbonyl (C=O) groups is 1. The van der Waals surface area contributed by atoms with Crippen molar-refractivity contribution in [1.82, 2.24) is 14.7 Å². The summed E-state index contributed by atoms with van der Waals surface area (Å²) in [4.78, 5) is 13.9. The Balaban J connectivity index is 1.84. The second-order valence-corrected chi connectivity index (χ2v) is 5.85. The molecule has 1 N–H and O–H groups in total. The van der Waals surface area contributed by atoms with Crippen LogP contribution in [0.5, 0.6) is 0 Å². The third kappa shape index (κ3) is 2.82. The molecule has 0 saturated carbocycles. The van der Waals surface area contributed by atoms with E-state index in [1.54, 1.807) is 0 Å². The molecule has 21 heavy (non-hydrogen) atoms. The van der Waals surface area contributed by atoms with E-state index in [-0.39, 0.29) is 5.69 Å². The van der Waals surface area contributed by atoms with Crippen LogP contribution in [-0.2, 0) is 24.1 Å². The number of aryl methyl sites for hydroxylation is 1. The molecule has 0 spiro atoms. The maximum atomic E-state index is 11.5. The summed E-state index contributed by atoms with van der Waals surface area (Å²) in [7, 11) is 0. The summed E-state index contributed by atoms with van der Waals surface area (Å²) < 4.78 is 7.32. The molecule has 2 aliphatic rings. The molecule has 0 unspecified atom stereocenters. The van der Waals surface area contributed by atoms with Gasteiger partial charge in [0.25, 0.3) is 0 Å². The Labute approximate surface area is 124 Å². The molecule has 6 nitrogen and oxygen atoms in total. The normalized spacial score (nSPS) is 23.0. The Bertz CT molecular complexity index is 520. The van der Waals surface area contributed by atoms with E-state index < -0.39 is 5.97 Å². The minimum atomic E-state index is -0.899. The van der Waals surface area contributed by atoms with Crippen LogP contribution in [0.4, 0.5) is 0 Å². The van der Waals surface area contributed by atoms with E-state index in [0.717, 1.165) is 69.8 Å². The fourth-order valence-corrected chi connectivity index (χ4v) is 3.49. The minimum absolute atomic E-state index is 0.261. The number of rotatable bonds is 4. The van der Waals surface area contributed by atoms with Crippen molar-refractivity contribution in [3.05, 3.63) is 17.0 Å². The highest BCUT2D eigenvalue weighted by Crippen LogP contribution is 2.28. The van der Waals surface area contributed by atoms with Crippen molar-refractivity contribution in [1.29, 1.82) is 0 Å². The van der Waals surface area contributed by atoms with Crippen molar-refractivity contribution in [3.63, 3.8) is 0 Å². The van der Waals surface area contributed by atoms with Gasteiger partial charge >= 0.3 is 5.97 Å². The molecular formula is C15H23N3O3. The van der Waals surface area contributed by atoms with E-state index in [4.69, 9.17) is 4.74 Å². The summed E-state index contributed by atoms with van der Waals surface area (Å²) in [5.74, 6) is -0.899. The zero-order chi connectivity index (χ0) is 14.8. The maximum absolute atomic E-state index is 11.5. The lowest BCUT2D eigenvalue weighted by Gasteiger charge is -2.36. The molecule has 1 fully saturated rings. The Morgan fingerprint density at radius 1 is 1.43 bits per heavy atom. The van der Waals surface area contributed by atoms with Gasteiger partial charge in [0.1, 0.15) is 0 Å². The second-order valence-electron chi connectivity index (χ2n) is 5.85. The quantitative estimate of drug-likeness (QED) is 0.903. The summed E-state index contributed by atoms with van der Waals surface area (Å²) in [5.41, 5.74) is 2.36. The largest absolute Gasteiger partial charge is 0.476 e. The fraction of sp³-hybridized carbons (Fsp3) is 0.733. The molecule has 3 rings (SSSR count). The predicted molar refractivity (Wildman–Crippen MR) is 77.7 cm³/mol. The molecule has 6 heteroatoms. The first-order valence-electron chi connectivity index (χ1n) is 7.84. The standard InChI is InChI=1S/C15H23N3O3/c1-2-5-18-13-4-3-11(17-6-8-21-9-7-17)10-12(13)14(16-18)15(19)20/h11H,2-10H2,1H3,(H,19,20)/t11-/m0/s1. The lowest BCUT2D eigenvalue weighted by molar-refractivity contribution is 0.0135. The molecule has 0 aromatic carbocycles. The molecule has 0 amide bonds. The van der Waals surface area contributed by atoms with Crippen LogP contribution in [-0.4, -0.2) is 58.1 Å². The fourth-order valence-electron chi connectivity index (χ4n) is 3.49. The van der Waals surface area contributed by atoms with Crippen molar-refractivity contribution in [2.24, 2.45) is 0 Å². The average molecular weight is 293 g/mol. The van der Waals surface area contributed by atoms with Crippen molar-refractivity contribution in [2.45, 2.75) is 45.2 Å². The van der Waals surface area contributed by atoms with Gasteiger partial charge in [0.15, 0.2) is 5.69 Å². The summed E-state index contributed by atoms with van der Waals surface area (Å²) in [6, 6.07) is 0.429. The molecule has 1 aromatic heterocycles. The van der Waals surface area contributed by atoms with Crippen LogP contribution in [0.3, 0.4) is 0 Å². The Morgan fingerprint density at radius 2 is 2.19 bits per heavy atom. The van der Waals surface area contributed by atoms with Gasteiger partial charge in [-0.3, -0.25) is 9.58 Å². The zero-order valence-electron chi connectivity index (χ0n) is 12.5. The number of ether oxygens (including phenoxy) is 1. The molecule has 1 atom stereocenters. The topological polar surface area (TPSA) is 67.6 Å². The Kier molecular flexibility index (Phi) is 4.26. The van der Waals surface area contributed by atoms with Crippen LogP contribution in [0.1, 0.15) is 41.5 Å². The molecule has 1 aliphatic heterocycles. The summed E-state index contributed by atoms with van der Waals surface area (Å²) in [6.45, 7) is 6.36. The molecule has 1 aromatic rings. The van der Waals surface area contributed by atoms with Crippen molar-refractivity contribution < 1.29 is 14.6 Å². The third-order valence-electron chi connectivity index (χ3n) is 4.52. The number of carboxylic acids is 1. The van der Waals surface area contributed by atoms with Crippen LogP contribution < -0.4 is 0 Å². The van der Waals surface area contributed by atoms with Gasteiger partial charge in [0.05, 0.1) is 13.2 Å². The number of fused-ring (bicyclic) bond motifs is 1. The van der Waals surface area contributed by atoms with E-state index in [1.807, 2.05) is 4.68 Å². The minimum Gasteiger partial charge on any atom is -0.476 e. The smallest absolute Gasteiger partial charge is 0.356 e. The first-order chi connectivity index (χ1) is 10.2. The summed E-state index contributed by atoms with van der Waals surface area (Å²) >= 11 is 0. The lowest BCUT2D eigenvalue weighted by atomic mass is 9.90. The lowest BCUT2D eigenvalue weighted by Crippen LogP contribution is -2.46. The number of hydrogen-bond acceptors (Lipinski definition) is 4. The molecule has 1 aliphatic carbocycles. The van der Waals surface area contributed by atoms with Gasteiger partial charge in [-0.1, -0.05) is 6.92 Å². The van der Waals surface area contributed by atoms with Crippen LogP contribution >= 0.6 is 0 Å². The molecule has 0 radical (unpaired) electrons. The van der Waals surface area contributed by atoms with Gasteiger partial charge in [-0.25, -0.2) is 4.79 Å². The SMILES string of the molecule is CCCn1nc(C(=O)O)c2c1CC[C@H](N1CCOCC1)C2. The average Bonchev–Trinajstić information content (AvgIpc) is 2.87. The molecule has 1 saturated heterocycles. The van der Waals surface area contributed by atoms with E-state index in [0.29, 0.717) is 6.04 Å². The highest BCUT2D eigenvalue weighted by atomic mass is 16.5. The predicted octanol–water partition coefficient (Wildman–Crippen LogP) is 1.18. The van der Waals surface area contributed by atoms with Gasteiger partial charge in [-0.2, -0.15) is 5.10 Å². The summed E-state index contributed by atoms with van der Waals surface area (Å²) in [5, 5.41) is 13.7. The third-order valence-corrected chi connectivity index (χ3v) is 4.52. The number of nitrogens with zero attached hydrogens (tertiary/aromatic N) is 3. The number of hydrogen-bond donors (Lipinski definition) is 1. The van der Waals surface area contributed by atoms with Gasteiger partial charge in [0, 0.05) is 36.9 Å². The molecule has 116 valence electrons. The highest BCUT2D eigenvalue weighted by Gasteiger charge is 2.32. The first kappa shape index (κ1) is 14.5. The Hall–Kier alpha value is -1.40. The number of morpholine rings is 1. The van der Waals surface area contributed by atoms with Gasteiger partial charge in [0.2, 0.25) is 0 Å². The van der Waals surface area contributed by atoms with Crippen LogP contribution in [0.2, 0.25) is 0 Å². The number of aromatic carboxylic acids is 1. The first-order valence-corrected chi connectivity index (χ1v) is 7.84. The van der Waals surface area contributed by atoms with Gasteiger partial charge in [-0.15, -0.1) is 0 Å². The number of carboxylic acid groups (broad SMARTS) is 1. The highest BCUT2D eigenvalue weighted by molar-refractivity contribution is 5.87. The van der Waals surface area contributed by atoms with E-state index in [1.165, 1.54) is 0 Å². The van der Waals surface area contributed by atoms with Crippen molar-refractivity contribution >= 4 is 5.97 Å². The molecule has 0 bridgehead atoms. The van der Waals surface area contributed by atoms with E-state index in [9.17, 15) is 9.90 Å². The monoisotopic (exact) mass is 293 g/mol. The number of aromatic nitrogens is 2. The van der Waals surface area contributed by atoms with Crippen molar-refractivity contribution in [2.75, 3.05) is 26.3 Å². The van der Waals surface area contributed by atoms with Crippen LogP contribution in [0, 0.1) is 0 Å². The molecular weight excluding hydrogens is 270 g/mol. The van der Waals surface area contributed by atoms with E-state index >= 15 is 0 Å². The second kappa shape index (κ2) is 6.15. The van der Waals surface area contributed by atoms with Gasteiger partial charge < -0.3 is 9.84 Å².